The first-order chi connectivity index (χ1) is 17.3. The van der Waals surface area contributed by atoms with E-state index >= 15 is 0 Å². The molecule has 1 aliphatic carbocycles. The Morgan fingerprint density at radius 3 is 1.64 bits per heavy atom. The van der Waals surface area contributed by atoms with E-state index in [2.05, 4.69) is 56.0 Å². The molecular weight excluding hydrogens is 450 g/mol. The number of rotatable bonds is 10. The Hall–Kier alpha value is -3.88. The maximum atomic E-state index is 7.46. The number of hydrogen-bond acceptors (Lipinski definition) is 6. The summed E-state index contributed by atoms with van der Waals surface area (Å²) in [4.78, 5) is 0. The van der Waals surface area contributed by atoms with Gasteiger partial charge < -0.3 is 16.4 Å². The molecule has 9 nitrogen and oxygen atoms in total. The van der Waals surface area contributed by atoms with Gasteiger partial charge >= 0.3 is 0 Å². The van der Waals surface area contributed by atoms with Crippen molar-refractivity contribution in [2.75, 3.05) is 23.7 Å². The number of hydrogen-bond donors (Lipinski definition) is 7. The van der Waals surface area contributed by atoms with E-state index in [1.165, 1.54) is 25.7 Å². The number of benzene rings is 2. The van der Waals surface area contributed by atoms with Crippen LogP contribution in [0.15, 0.2) is 58.7 Å². The van der Waals surface area contributed by atoms with E-state index in [9.17, 15) is 0 Å². The average molecular weight is 490 g/mol. The van der Waals surface area contributed by atoms with Gasteiger partial charge in [0.1, 0.15) is 5.84 Å². The lowest BCUT2D eigenvalue weighted by molar-refractivity contribution is 0.293. The van der Waals surface area contributed by atoms with Gasteiger partial charge in [0.15, 0.2) is 0 Å². The molecule has 0 atom stereocenters. The zero-order valence-electron chi connectivity index (χ0n) is 21.5. The second-order valence-corrected chi connectivity index (χ2v) is 9.47. The second kappa shape index (κ2) is 13.3. The third kappa shape index (κ3) is 8.72. The van der Waals surface area contributed by atoms with Gasteiger partial charge in [0.05, 0.1) is 11.4 Å². The molecule has 3 rings (SSSR count). The summed E-state index contributed by atoms with van der Waals surface area (Å²) in [6.07, 6.45) is 4.90. The first-order valence-electron chi connectivity index (χ1n) is 12.5. The van der Waals surface area contributed by atoms with Crippen LogP contribution in [-0.2, 0) is 0 Å². The van der Waals surface area contributed by atoms with Crippen LogP contribution in [0.1, 0.15) is 57.6 Å². The number of nitrogens with one attached hydrogen (secondary N) is 6. The minimum absolute atomic E-state index is 0.171. The number of hydrazone groups is 2. The normalized spacial score (nSPS) is 18.3. The highest BCUT2D eigenvalue weighted by Gasteiger charge is 2.21. The zero-order valence-corrected chi connectivity index (χ0v) is 21.5. The van der Waals surface area contributed by atoms with E-state index in [1.54, 1.807) is 6.92 Å². The van der Waals surface area contributed by atoms with Gasteiger partial charge in [-0.25, -0.2) is 5.43 Å². The van der Waals surface area contributed by atoms with E-state index in [-0.39, 0.29) is 5.96 Å². The van der Waals surface area contributed by atoms with E-state index in [0.29, 0.717) is 17.7 Å². The third-order valence-corrected chi connectivity index (χ3v) is 6.45. The summed E-state index contributed by atoms with van der Waals surface area (Å²) in [5.74, 6) is 1.50. The van der Waals surface area contributed by atoms with Gasteiger partial charge in [0.25, 0.3) is 0 Å². The fourth-order valence-electron chi connectivity index (χ4n) is 4.31. The number of guanidine groups is 1. The average Bonchev–Trinajstić information content (AvgIpc) is 2.88. The third-order valence-electron chi connectivity index (χ3n) is 6.45. The van der Waals surface area contributed by atoms with Crippen molar-refractivity contribution >= 4 is 34.6 Å². The molecule has 2 aromatic carbocycles. The number of anilines is 2. The molecule has 0 saturated heterocycles. The van der Waals surface area contributed by atoms with Crippen LogP contribution in [-0.4, -0.2) is 36.3 Å². The summed E-state index contributed by atoms with van der Waals surface area (Å²) in [5.41, 5.74) is 16.4. The highest BCUT2D eigenvalue weighted by atomic mass is 15.3. The highest BCUT2D eigenvalue weighted by Crippen LogP contribution is 2.29. The van der Waals surface area contributed by atoms with Gasteiger partial charge in [-0.3, -0.25) is 16.2 Å². The Balaban J connectivity index is 1.43. The van der Waals surface area contributed by atoms with Gasteiger partial charge in [-0.2, -0.15) is 10.2 Å². The van der Waals surface area contributed by atoms with Crippen LogP contribution in [0.25, 0.3) is 0 Å². The Morgan fingerprint density at radius 1 is 0.778 bits per heavy atom. The van der Waals surface area contributed by atoms with Crippen LogP contribution in [0.5, 0.6) is 0 Å². The molecule has 0 unspecified atom stereocenters. The van der Waals surface area contributed by atoms with E-state index in [1.807, 2.05) is 38.1 Å². The number of nitrogens with zero attached hydrogens (tertiary/aromatic N) is 2. The largest absolute Gasteiger partial charge is 0.385 e. The van der Waals surface area contributed by atoms with Gasteiger partial charge in [0.2, 0.25) is 5.96 Å². The minimum atomic E-state index is -0.171. The van der Waals surface area contributed by atoms with E-state index < -0.39 is 0 Å². The number of amidine groups is 1. The first kappa shape index (κ1) is 26.7. The molecule has 192 valence electrons. The SMILES string of the molecule is CC(=N)N/N=C(\C)c1cccc(NCC2CCC(CNc3cccc(/C(C)=N/NC(=N)N)c3)CC2)c1. The quantitative estimate of drug-likeness (QED) is 0.149. The molecule has 36 heavy (non-hydrogen) atoms. The summed E-state index contributed by atoms with van der Waals surface area (Å²) in [7, 11) is 0. The van der Waals surface area contributed by atoms with Crippen molar-refractivity contribution < 1.29 is 0 Å². The number of nitrogens with two attached hydrogens (primary N) is 1. The Morgan fingerprint density at radius 2 is 1.22 bits per heavy atom. The van der Waals surface area contributed by atoms with Crippen LogP contribution in [0.3, 0.4) is 0 Å². The molecule has 9 heteroatoms. The Labute approximate surface area is 214 Å². The standard InChI is InChI=1S/C27H39N9/c1-18(33-35-20(3)28)23-6-4-8-25(14-23)31-16-21-10-12-22(13-11-21)17-32-26-9-5-7-24(15-26)19(2)34-36-27(29)30/h4-9,14-15,21-22,31-32H,10-13,16-17H2,1-3H3,(H2,28,35)(H4,29,30,36)/b33-18+,34-19+. The summed E-state index contributed by atoms with van der Waals surface area (Å²) < 4.78 is 0. The van der Waals surface area contributed by atoms with Crippen molar-refractivity contribution in [1.82, 2.24) is 10.9 Å². The zero-order chi connectivity index (χ0) is 25.9. The molecule has 0 aromatic heterocycles. The van der Waals surface area contributed by atoms with Gasteiger partial charge in [-0.1, -0.05) is 24.3 Å². The van der Waals surface area contributed by atoms with E-state index in [0.717, 1.165) is 47.0 Å². The molecule has 0 spiro atoms. The molecule has 1 fully saturated rings. The maximum Gasteiger partial charge on any atom is 0.206 e. The van der Waals surface area contributed by atoms with Crippen LogP contribution in [0.4, 0.5) is 11.4 Å². The van der Waals surface area contributed by atoms with Gasteiger partial charge in [-0.15, -0.1) is 0 Å². The summed E-state index contributed by atoms with van der Waals surface area (Å²) in [6, 6.07) is 16.5. The Bertz CT molecular complexity index is 1010. The molecule has 2 aromatic rings. The van der Waals surface area contributed by atoms with Crippen molar-refractivity contribution in [1.29, 1.82) is 10.8 Å². The van der Waals surface area contributed by atoms with Gasteiger partial charge in [0, 0.05) is 24.5 Å². The van der Waals surface area contributed by atoms with Crippen molar-refractivity contribution in [2.24, 2.45) is 27.8 Å². The van der Waals surface area contributed by atoms with E-state index in [4.69, 9.17) is 16.6 Å². The summed E-state index contributed by atoms with van der Waals surface area (Å²) in [5, 5.41) is 30.3. The fourth-order valence-corrected chi connectivity index (χ4v) is 4.31. The monoisotopic (exact) mass is 489 g/mol. The molecule has 0 radical (unpaired) electrons. The summed E-state index contributed by atoms with van der Waals surface area (Å²) >= 11 is 0. The predicted molar refractivity (Wildman–Crippen MR) is 151 cm³/mol. The lowest BCUT2D eigenvalue weighted by atomic mass is 9.82. The smallest absolute Gasteiger partial charge is 0.206 e. The molecular formula is C27H39N9. The topological polar surface area (TPSA) is 147 Å². The molecule has 0 heterocycles. The second-order valence-electron chi connectivity index (χ2n) is 9.47. The lowest BCUT2D eigenvalue weighted by Gasteiger charge is -2.29. The fraction of sp³-hybridized carbons (Fsp3) is 0.407. The maximum absolute atomic E-state index is 7.46. The summed E-state index contributed by atoms with van der Waals surface area (Å²) in [6.45, 7) is 7.46. The van der Waals surface area contributed by atoms with Gasteiger partial charge in [-0.05, 0) is 93.7 Å². The molecule has 8 N–H and O–H groups in total. The lowest BCUT2D eigenvalue weighted by Crippen LogP contribution is -2.26. The van der Waals surface area contributed by atoms with Crippen molar-refractivity contribution in [2.45, 2.75) is 46.5 Å². The predicted octanol–water partition coefficient (Wildman–Crippen LogP) is 4.53. The van der Waals surface area contributed by atoms with Crippen molar-refractivity contribution in [3.8, 4) is 0 Å². The van der Waals surface area contributed by atoms with Crippen LogP contribution in [0.2, 0.25) is 0 Å². The Kier molecular flexibility index (Phi) is 9.85. The molecule has 1 aliphatic rings. The van der Waals surface area contributed by atoms with Crippen LogP contribution >= 0.6 is 0 Å². The van der Waals surface area contributed by atoms with Crippen molar-refractivity contribution in [3.63, 3.8) is 0 Å². The van der Waals surface area contributed by atoms with Crippen LogP contribution in [0, 0.1) is 22.7 Å². The van der Waals surface area contributed by atoms with Crippen LogP contribution < -0.4 is 27.2 Å². The first-order valence-corrected chi connectivity index (χ1v) is 12.5. The van der Waals surface area contributed by atoms with Crippen molar-refractivity contribution in [3.05, 3.63) is 59.7 Å². The molecule has 0 bridgehead atoms. The highest BCUT2D eigenvalue weighted by molar-refractivity contribution is 6.00. The molecule has 0 aliphatic heterocycles. The molecule has 0 amide bonds. The minimum Gasteiger partial charge on any atom is -0.385 e. The molecule has 1 saturated carbocycles.